The number of aliphatic hydroxyl groups excluding tert-OH is 1. The Morgan fingerprint density at radius 1 is 1.56 bits per heavy atom. The summed E-state index contributed by atoms with van der Waals surface area (Å²) in [6.45, 7) is 2.33. The van der Waals surface area contributed by atoms with E-state index in [9.17, 15) is 4.79 Å². The lowest BCUT2D eigenvalue weighted by Crippen LogP contribution is -2.29. The summed E-state index contributed by atoms with van der Waals surface area (Å²) in [4.78, 5) is 10.9. The highest BCUT2D eigenvalue weighted by Crippen LogP contribution is 2.31. The van der Waals surface area contributed by atoms with Gasteiger partial charge in [-0.05, 0) is 23.3 Å². The summed E-state index contributed by atoms with van der Waals surface area (Å²) in [6.07, 6.45) is -0.239. The zero-order valence-electron chi connectivity index (χ0n) is 9.01. The van der Waals surface area contributed by atoms with Crippen LogP contribution < -0.4 is 0 Å². The average Bonchev–Trinajstić information content (AvgIpc) is 2.29. The van der Waals surface area contributed by atoms with Crippen LogP contribution in [0, 0.1) is 0 Å². The Balaban J connectivity index is 2.40. The molecule has 0 spiro atoms. The third kappa shape index (κ3) is 1.81. The number of aliphatic hydroxyl groups is 1. The van der Waals surface area contributed by atoms with Crippen LogP contribution in [0.4, 0.5) is 0 Å². The van der Waals surface area contributed by atoms with Crippen LogP contribution in [0.5, 0.6) is 0 Å². The van der Waals surface area contributed by atoms with Crippen molar-refractivity contribution in [1.29, 1.82) is 0 Å². The molecule has 2 rings (SSSR count). The standard InChI is InChI=1S/C12H14O4/c1-7-10-4-8(12(14)15)2-3-9(10)6-16-11(7)5-13/h2-4,7,11,13H,5-6H2,1H3,(H,14,15). The molecule has 0 amide bonds. The van der Waals surface area contributed by atoms with Crippen molar-refractivity contribution in [2.75, 3.05) is 6.61 Å². The maximum absolute atomic E-state index is 10.9. The summed E-state index contributed by atoms with van der Waals surface area (Å²) >= 11 is 0. The van der Waals surface area contributed by atoms with Gasteiger partial charge in [0.15, 0.2) is 0 Å². The molecule has 1 aliphatic heterocycles. The smallest absolute Gasteiger partial charge is 0.335 e. The lowest BCUT2D eigenvalue weighted by molar-refractivity contribution is -0.0221. The van der Waals surface area contributed by atoms with Crippen LogP contribution in [-0.4, -0.2) is 28.9 Å². The third-order valence-corrected chi connectivity index (χ3v) is 3.07. The average molecular weight is 222 g/mol. The second kappa shape index (κ2) is 4.23. The fourth-order valence-electron chi connectivity index (χ4n) is 2.04. The van der Waals surface area contributed by atoms with Gasteiger partial charge in [0.1, 0.15) is 0 Å². The molecule has 0 aliphatic carbocycles. The molecule has 0 saturated heterocycles. The minimum atomic E-state index is -0.929. The minimum Gasteiger partial charge on any atom is -0.478 e. The topological polar surface area (TPSA) is 66.8 Å². The largest absolute Gasteiger partial charge is 0.478 e. The lowest BCUT2D eigenvalue weighted by atomic mass is 9.88. The van der Waals surface area contributed by atoms with Crippen LogP contribution in [0.15, 0.2) is 18.2 Å². The van der Waals surface area contributed by atoms with Gasteiger partial charge in [0.05, 0.1) is 24.9 Å². The van der Waals surface area contributed by atoms with Crippen molar-refractivity contribution < 1.29 is 19.7 Å². The Morgan fingerprint density at radius 3 is 2.94 bits per heavy atom. The quantitative estimate of drug-likeness (QED) is 0.793. The molecule has 0 aromatic heterocycles. The molecule has 0 bridgehead atoms. The van der Waals surface area contributed by atoms with E-state index < -0.39 is 5.97 Å². The molecule has 16 heavy (non-hydrogen) atoms. The third-order valence-electron chi connectivity index (χ3n) is 3.07. The highest BCUT2D eigenvalue weighted by Gasteiger charge is 2.26. The molecule has 0 saturated carbocycles. The van der Waals surface area contributed by atoms with Gasteiger partial charge < -0.3 is 14.9 Å². The van der Waals surface area contributed by atoms with E-state index in [1.165, 1.54) is 0 Å². The van der Waals surface area contributed by atoms with Gasteiger partial charge in [-0.1, -0.05) is 13.0 Å². The second-order valence-corrected chi connectivity index (χ2v) is 4.04. The van der Waals surface area contributed by atoms with Gasteiger partial charge in [-0.25, -0.2) is 4.79 Å². The van der Waals surface area contributed by atoms with E-state index >= 15 is 0 Å². The minimum absolute atomic E-state index is 0.0213. The molecule has 4 nitrogen and oxygen atoms in total. The maximum atomic E-state index is 10.9. The molecule has 0 fully saturated rings. The summed E-state index contributed by atoms with van der Waals surface area (Å²) in [5.41, 5.74) is 2.25. The molecule has 1 aromatic carbocycles. The number of rotatable bonds is 2. The monoisotopic (exact) mass is 222 g/mol. The fraction of sp³-hybridized carbons (Fsp3) is 0.417. The molecule has 1 aromatic rings. The first kappa shape index (κ1) is 11.1. The number of aromatic carboxylic acids is 1. The normalized spacial score (nSPS) is 23.9. The van der Waals surface area contributed by atoms with Gasteiger partial charge >= 0.3 is 5.97 Å². The SMILES string of the molecule is CC1c2cc(C(=O)O)ccc2COC1CO. The zero-order chi connectivity index (χ0) is 11.7. The van der Waals surface area contributed by atoms with Crippen LogP contribution in [0.3, 0.4) is 0 Å². The molecule has 0 radical (unpaired) electrons. The van der Waals surface area contributed by atoms with Crippen LogP contribution >= 0.6 is 0 Å². The van der Waals surface area contributed by atoms with E-state index in [1.807, 2.05) is 6.92 Å². The predicted molar refractivity (Wildman–Crippen MR) is 57.5 cm³/mol. The van der Waals surface area contributed by atoms with Crippen LogP contribution in [0.2, 0.25) is 0 Å². The van der Waals surface area contributed by atoms with Gasteiger partial charge in [-0.15, -0.1) is 0 Å². The molecule has 2 atom stereocenters. The van der Waals surface area contributed by atoms with Gasteiger partial charge in [0, 0.05) is 5.92 Å². The number of benzene rings is 1. The van der Waals surface area contributed by atoms with Crippen molar-refractivity contribution in [2.24, 2.45) is 0 Å². The highest BCUT2D eigenvalue weighted by atomic mass is 16.5. The Morgan fingerprint density at radius 2 is 2.31 bits per heavy atom. The van der Waals surface area contributed by atoms with Gasteiger partial charge in [0.25, 0.3) is 0 Å². The van der Waals surface area contributed by atoms with Gasteiger partial charge in [0.2, 0.25) is 0 Å². The van der Waals surface area contributed by atoms with Crippen molar-refractivity contribution in [3.05, 3.63) is 34.9 Å². The number of carbonyl (C=O) groups is 1. The molecule has 1 heterocycles. The van der Waals surface area contributed by atoms with Crippen molar-refractivity contribution in [1.82, 2.24) is 0 Å². The first-order chi connectivity index (χ1) is 7.63. The number of hydrogen-bond donors (Lipinski definition) is 2. The number of hydrogen-bond acceptors (Lipinski definition) is 3. The van der Waals surface area contributed by atoms with E-state index in [0.717, 1.165) is 11.1 Å². The molecule has 2 unspecified atom stereocenters. The van der Waals surface area contributed by atoms with E-state index in [0.29, 0.717) is 6.61 Å². The second-order valence-electron chi connectivity index (χ2n) is 4.04. The molecule has 4 heteroatoms. The van der Waals surface area contributed by atoms with E-state index in [4.69, 9.17) is 14.9 Å². The zero-order valence-corrected chi connectivity index (χ0v) is 9.01. The van der Waals surface area contributed by atoms with Gasteiger partial charge in [-0.2, -0.15) is 0 Å². The number of fused-ring (bicyclic) bond motifs is 1. The Bertz CT molecular complexity index is 413. The fourth-order valence-corrected chi connectivity index (χ4v) is 2.04. The lowest BCUT2D eigenvalue weighted by Gasteiger charge is -2.30. The Hall–Kier alpha value is -1.39. The Labute approximate surface area is 93.5 Å². The van der Waals surface area contributed by atoms with E-state index in [1.54, 1.807) is 18.2 Å². The van der Waals surface area contributed by atoms with Crippen molar-refractivity contribution in [2.45, 2.75) is 25.6 Å². The number of carboxylic acid groups (broad SMARTS) is 1. The summed E-state index contributed by atoms with van der Waals surface area (Å²) in [6, 6.07) is 5.03. The van der Waals surface area contributed by atoms with Crippen LogP contribution in [0.25, 0.3) is 0 Å². The summed E-state index contributed by atoms with van der Waals surface area (Å²) in [5, 5.41) is 18.0. The van der Waals surface area contributed by atoms with E-state index in [2.05, 4.69) is 0 Å². The highest BCUT2D eigenvalue weighted by molar-refractivity contribution is 5.88. The van der Waals surface area contributed by atoms with Crippen LogP contribution in [-0.2, 0) is 11.3 Å². The number of ether oxygens (including phenoxy) is 1. The number of carboxylic acids is 1. The van der Waals surface area contributed by atoms with Crippen molar-refractivity contribution in [3.8, 4) is 0 Å². The van der Waals surface area contributed by atoms with Crippen molar-refractivity contribution >= 4 is 5.97 Å². The summed E-state index contributed by atoms with van der Waals surface area (Å²) in [5.74, 6) is -0.907. The molecule has 86 valence electrons. The van der Waals surface area contributed by atoms with Crippen LogP contribution in [0.1, 0.15) is 34.3 Å². The van der Waals surface area contributed by atoms with E-state index in [-0.39, 0.29) is 24.2 Å². The van der Waals surface area contributed by atoms with Gasteiger partial charge in [-0.3, -0.25) is 0 Å². The molecule has 1 aliphatic rings. The maximum Gasteiger partial charge on any atom is 0.335 e. The first-order valence-corrected chi connectivity index (χ1v) is 5.22. The molecule has 2 N–H and O–H groups in total. The predicted octanol–water partition coefficient (Wildman–Crippen LogP) is 1.38. The first-order valence-electron chi connectivity index (χ1n) is 5.22. The Kier molecular flexibility index (Phi) is 2.94. The molecular weight excluding hydrogens is 208 g/mol. The molecular formula is C12H14O4. The summed E-state index contributed by atoms with van der Waals surface area (Å²) in [7, 11) is 0. The van der Waals surface area contributed by atoms with Crippen molar-refractivity contribution in [3.63, 3.8) is 0 Å². The summed E-state index contributed by atoms with van der Waals surface area (Å²) < 4.78 is 5.47.